The predicted molar refractivity (Wildman–Crippen MR) is 98.8 cm³/mol. The van der Waals surface area contributed by atoms with Gasteiger partial charge in [0, 0.05) is 5.56 Å². The molecule has 1 aromatic heterocycles. The van der Waals surface area contributed by atoms with Crippen molar-refractivity contribution >= 4 is 24.0 Å². The first-order chi connectivity index (χ1) is 10.7. The third-order valence-corrected chi connectivity index (χ3v) is 3.90. The van der Waals surface area contributed by atoms with Crippen molar-refractivity contribution in [3.8, 4) is 17.1 Å². The third-order valence-electron chi connectivity index (χ3n) is 3.60. The highest BCUT2D eigenvalue weighted by atomic mass is 35.5. The Balaban J connectivity index is 0.00000264. The number of methoxy groups -OCH3 is 1. The first kappa shape index (κ1) is 19.9. The Morgan fingerprint density at radius 1 is 1.13 bits per heavy atom. The largest absolute Gasteiger partial charge is 0.495 e. The average Bonchev–Trinajstić information content (AvgIpc) is 2.99. The van der Waals surface area contributed by atoms with Crippen molar-refractivity contribution in [3.63, 3.8) is 0 Å². The lowest BCUT2D eigenvalue weighted by Gasteiger charge is -2.04. The SMILES string of the molecule is CCCCCCNCc1ccc(-c2ccc(OC)c(Cl)c2)o1.Cl. The van der Waals surface area contributed by atoms with Gasteiger partial charge in [-0.3, -0.25) is 0 Å². The molecule has 0 radical (unpaired) electrons. The molecule has 1 aromatic carbocycles. The maximum absolute atomic E-state index is 6.15. The van der Waals surface area contributed by atoms with E-state index in [1.54, 1.807) is 7.11 Å². The van der Waals surface area contributed by atoms with Gasteiger partial charge in [0.2, 0.25) is 0 Å². The van der Waals surface area contributed by atoms with E-state index >= 15 is 0 Å². The maximum atomic E-state index is 6.15. The zero-order chi connectivity index (χ0) is 15.8. The number of halogens is 2. The van der Waals surface area contributed by atoms with Crippen LogP contribution in [0.1, 0.15) is 38.4 Å². The zero-order valence-electron chi connectivity index (χ0n) is 13.7. The van der Waals surface area contributed by atoms with Crippen molar-refractivity contribution in [2.24, 2.45) is 0 Å². The lowest BCUT2D eigenvalue weighted by Crippen LogP contribution is -2.14. The van der Waals surface area contributed by atoms with Gasteiger partial charge in [-0.1, -0.05) is 37.8 Å². The van der Waals surface area contributed by atoms with E-state index in [-0.39, 0.29) is 12.4 Å². The Morgan fingerprint density at radius 3 is 2.65 bits per heavy atom. The molecule has 128 valence electrons. The number of furan rings is 1. The number of ether oxygens (including phenoxy) is 1. The molecular weight excluding hydrogens is 333 g/mol. The van der Waals surface area contributed by atoms with Crippen LogP contribution >= 0.6 is 24.0 Å². The topological polar surface area (TPSA) is 34.4 Å². The lowest BCUT2D eigenvalue weighted by molar-refractivity contribution is 0.415. The molecule has 0 amide bonds. The minimum atomic E-state index is 0. The fourth-order valence-electron chi connectivity index (χ4n) is 2.34. The molecule has 0 unspecified atom stereocenters. The van der Waals surface area contributed by atoms with Crippen LogP contribution in [-0.2, 0) is 6.54 Å². The van der Waals surface area contributed by atoms with Gasteiger partial charge in [0.05, 0.1) is 18.7 Å². The number of nitrogens with one attached hydrogen (secondary N) is 1. The van der Waals surface area contributed by atoms with Crippen molar-refractivity contribution in [1.82, 2.24) is 5.32 Å². The second kappa shape index (κ2) is 10.6. The standard InChI is InChI=1S/C18H24ClNO2.ClH/c1-3-4-5-6-11-20-13-15-8-10-17(22-15)14-7-9-18(21-2)16(19)12-14;/h7-10,12,20H,3-6,11,13H2,1-2H3;1H. The second-order valence-corrected chi connectivity index (χ2v) is 5.76. The molecule has 1 heterocycles. The van der Waals surface area contributed by atoms with Crippen molar-refractivity contribution < 1.29 is 9.15 Å². The number of benzene rings is 1. The molecule has 0 saturated heterocycles. The van der Waals surface area contributed by atoms with Crippen LogP contribution in [0.4, 0.5) is 0 Å². The monoisotopic (exact) mass is 357 g/mol. The summed E-state index contributed by atoms with van der Waals surface area (Å²) < 4.78 is 11.0. The van der Waals surface area contributed by atoms with E-state index in [0.717, 1.165) is 30.2 Å². The second-order valence-electron chi connectivity index (χ2n) is 5.35. The molecule has 0 fully saturated rings. The molecule has 23 heavy (non-hydrogen) atoms. The van der Waals surface area contributed by atoms with E-state index in [2.05, 4.69) is 12.2 Å². The van der Waals surface area contributed by atoms with Gasteiger partial charge >= 0.3 is 0 Å². The van der Waals surface area contributed by atoms with E-state index in [1.165, 1.54) is 25.7 Å². The summed E-state index contributed by atoms with van der Waals surface area (Å²) >= 11 is 6.15. The van der Waals surface area contributed by atoms with Gasteiger partial charge in [0.15, 0.2) is 0 Å². The first-order valence-electron chi connectivity index (χ1n) is 7.88. The molecule has 0 aliphatic rings. The maximum Gasteiger partial charge on any atom is 0.137 e. The molecule has 1 N–H and O–H groups in total. The Labute approximate surface area is 149 Å². The van der Waals surface area contributed by atoms with Gasteiger partial charge in [-0.25, -0.2) is 0 Å². The van der Waals surface area contributed by atoms with Gasteiger partial charge < -0.3 is 14.5 Å². The van der Waals surface area contributed by atoms with E-state index in [1.807, 2.05) is 30.3 Å². The molecule has 0 aliphatic carbocycles. The van der Waals surface area contributed by atoms with E-state index in [0.29, 0.717) is 10.8 Å². The quantitative estimate of drug-likeness (QED) is 0.584. The third kappa shape index (κ3) is 6.09. The highest BCUT2D eigenvalue weighted by molar-refractivity contribution is 6.32. The van der Waals surface area contributed by atoms with E-state index in [9.17, 15) is 0 Å². The molecule has 0 bridgehead atoms. The molecule has 3 nitrogen and oxygen atoms in total. The molecule has 0 atom stereocenters. The van der Waals surface area contributed by atoms with Crippen molar-refractivity contribution in [3.05, 3.63) is 41.1 Å². The van der Waals surface area contributed by atoms with Crippen LogP contribution in [0.2, 0.25) is 5.02 Å². The Kier molecular flexibility index (Phi) is 9.15. The fourth-order valence-corrected chi connectivity index (χ4v) is 2.59. The Bertz CT molecular complexity index is 584. The minimum absolute atomic E-state index is 0. The van der Waals surface area contributed by atoms with Gasteiger partial charge in [-0.05, 0) is 43.3 Å². The first-order valence-corrected chi connectivity index (χ1v) is 8.25. The highest BCUT2D eigenvalue weighted by Crippen LogP contribution is 2.31. The Hall–Kier alpha value is -1.16. The molecule has 0 saturated carbocycles. The minimum Gasteiger partial charge on any atom is -0.495 e. The highest BCUT2D eigenvalue weighted by Gasteiger charge is 2.08. The number of hydrogen-bond acceptors (Lipinski definition) is 3. The van der Waals surface area contributed by atoms with Crippen LogP contribution in [0.15, 0.2) is 34.7 Å². The summed E-state index contributed by atoms with van der Waals surface area (Å²) in [5.41, 5.74) is 0.958. The summed E-state index contributed by atoms with van der Waals surface area (Å²) in [6.07, 6.45) is 5.09. The summed E-state index contributed by atoms with van der Waals surface area (Å²) in [5, 5.41) is 4.01. The summed E-state index contributed by atoms with van der Waals surface area (Å²) in [6.45, 7) is 4.02. The summed E-state index contributed by atoms with van der Waals surface area (Å²) in [5.74, 6) is 2.44. The lowest BCUT2D eigenvalue weighted by atomic mass is 10.2. The van der Waals surface area contributed by atoms with Crippen LogP contribution in [0.5, 0.6) is 5.75 Å². The number of rotatable bonds is 9. The predicted octanol–water partition coefficient (Wildman–Crippen LogP) is 5.70. The van der Waals surface area contributed by atoms with Crippen LogP contribution in [0, 0.1) is 0 Å². The zero-order valence-corrected chi connectivity index (χ0v) is 15.3. The molecule has 0 spiro atoms. The van der Waals surface area contributed by atoms with Gasteiger partial charge in [-0.15, -0.1) is 12.4 Å². The summed E-state index contributed by atoms with van der Waals surface area (Å²) in [4.78, 5) is 0. The molecule has 2 rings (SSSR count). The number of unbranched alkanes of at least 4 members (excludes halogenated alkanes) is 3. The van der Waals surface area contributed by atoms with Crippen LogP contribution < -0.4 is 10.1 Å². The normalized spacial score (nSPS) is 10.4. The molecular formula is C18H25Cl2NO2. The molecule has 2 aromatic rings. The van der Waals surface area contributed by atoms with E-state index in [4.69, 9.17) is 20.8 Å². The van der Waals surface area contributed by atoms with Gasteiger partial charge in [-0.2, -0.15) is 0 Å². The fraction of sp³-hybridized carbons (Fsp3) is 0.444. The van der Waals surface area contributed by atoms with Crippen LogP contribution in [0.3, 0.4) is 0 Å². The summed E-state index contributed by atoms with van der Waals surface area (Å²) in [6, 6.07) is 9.65. The molecule has 0 aliphatic heterocycles. The van der Waals surface area contributed by atoms with Crippen molar-refractivity contribution in [2.75, 3.05) is 13.7 Å². The van der Waals surface area contributed by atoms with Crippen LogP contribution in [0.25, 0.3) is 11.3 Å². The van der Waals surface area contributed by atoms with Crippen molar-refractivity contribution in [1.29, 1.82) is 0 Å². The number of hydrogen-bond donors (Lipinski definition) is 1. The smallest absolute Gasteiger partial charge is 0.137 e. The average molecular weight is 358 g/mol. The van der Waals surface area contributed by atoms with E-state index < -0.39 is 0 Å². The summed E-state index contributed by atoms with van der Waals surface area (Å²) in [7, 11) is 1.61. The Morgan fingerprint density at radius 2 is 1.96 bits per heavy atom. The van der Waals surface area contributed by atoms with Gasteiger partial charge in [0.1, 0.15) is 17.3 Å². The van der Waals surface area contributed by atoms with Crippen molar-refractivity contribution in [2.45, 2.75) is 39.2 Å². The molecule has 5 heteroatoms. The van der Waals surface area contributed by atoms with Crippen LogP contribution in [-0.4, -0.2) is 13.7 Å². The van der Waals surface area contributed by atoms with Gasteiger partial charge in [0.25, 0.3) is 0 Å².